The Balaban J connectivity index is 1.41. The molecular weight excluding hydrogens is 376 g/mol. The minimum Gasteiger partial charge on any atom is -0.494 e. The van der Waals surface area contributed by atoms with E-state index >= 15 is 0 Å². The molecule has 0 amide bonds. The molecule has 3 rings (SSSR count). The second-order valence-electron chi connectivity index (χ2n) is 7.49. The van der Waals surface area contributed by atoms with Gasteiger partial charge in [0.05, 0.1) is 18.0 Å². The number of hydrogen-bond donors (Lipinski definition) is 0. The van der Waals surface area contributed by atoms with Gasteiger partial charge in [-0.3, -0.25) is 0 Å². The van der Waals surface area contributed by atoms with Gasteiger partial charge in [0.25, 0.3) is 0 Å². The van der Waals surface area contributed by atoms with E-state index in [0.717, 1.165) is 29.9 Å². The van der Waals surface area contributed by atoms with Gasteiger partial charge in [-0.2, -0.15) is 10.2 Å². The Bertz CT molecular complexity index is 993. The third-order valence-electron chi connectivity index (χ3n) is 4.99. The third-order valence-corrected chi connectivity index (χ3v) is 4.99. The number of nitrogens with zero attached hydrogens (tertiary/aromatic N) is 2. The largest absolute Gasteiger partial charge is 0.494 e. The Kier molecular flexibility index (Phi) is 8.63. The van der Waals surface area contributed by atoms with E-state index in [1.165, 1.54) is 51.0 Å². The lowest BCUT2D eigenvalue weighted by molar-refractivity contribution is 0.304. The summed E-state index contributed by atoms with van der Waals surface area (Å²) in [7, 11) is 0. The van der Waals surface area contributed by atoms with E-state index in [0.29, 0.717) is 11.3 Å². The lowest BCUT2D eigenvalue weighted by atomic mass is 10.1. The van der Waals surface area contributed by atoms with Gasteiger partial charge in [-0.25, -0.2) is 4.79 Å². The number of hydrogen-bond acceptors (Lipinski definition) is 5. The first-order valence-electron chi connectivity index (χ1n) is 10.9. The zero-order valence-electron chi connectivity index (χ0n) is 17.7. The van der Waals surface area contributed by atoms with Crippen LogP contribution in [-0.4, -0.2) is 6.61 Å². The van der Waals surface area contributed by atoms with Crippen molar-refractivity contribution in [2.75, 3.05) is 6.61 Å². The fourth-order valence-electron chi connectivity index (χ4n) is 3.27. The molecule has 0 radical (unpaired) electrons. The molecule has 0 spiro atoms. The van der Waals surface area contributed by atoms with Crippen LogP contribution in [0.3, 0.4) is 0 Å². The van der Waals surface area contributed by atoms with Crippen molar-refractivity contribution in [3.05, 3.63) is 65.0 Å². The monoisotopic (exact) mass is 406 g/mol. The topological polar surface area (TPSA) is 64.2 Å². The molecule has 0 N–H and O–H groups in total. The van der Waals surface area contributed by atoms with E-state index in [4.69, 9.17) is 9.15 Å². The van der Waals surface area contributed by atoms with E-state index in [1.807, 2.05) is 30.3 Å². The lowest BCUT2D eigenvalue weighted by Crippen LogP contribution is -1.96. The number of fused-ring (bicyclic) bond motifs is 1. The first-order chi connectivity index (χ1) is 14.7. The van der Waals surface area contributed by atoms with Crippen molar-refractivity contribution in [1.82, 2.24) is 0 Å². The second kappa shape index (κ2) is 11.9. The lowest BCUT2D eigenvalue weighted by Gasteiger charge is -2.06. The molecule has 0 aliphatic rings. The summed E-state index contributed by atoms with van der Waals surface area (Å²) in [5, 5.41) is 9.35. The maximum Gasteiger partial charge on any atom is 0.336 e. The van der Waals surface area contributed by atoms with Crippen LogP contribution < -0.4 is 10.4 Å². The molecule has 0 atom stereocenters. The molecule has 1 aromatic heterocycles. The van der Waals surface area contributed by atoms with E-state index in [1.54, 1.807) is 18.2 Å². The number of benzene rings is 2. The predicted octanol–water partition coefficient (Wildman–Crippen LogP) is 7.73. The summed E-state index contributed by atoms with van der Waals surface area (Å²) in [5.74, 6) is 0.859. The molecule has 30 heavy (non-hydrogen) atoms. The highest BCUT2D eigenvalue weighted by Crippen LogP contribution is 2.24. The van der Waals surface area contributed by atoms with Gasteiger partial charge in [-0.15, -0.1) is 0 Å². The van der Waals surface area contributed by atoms with Gasteiger partial charge in [0.2, 0.25) is 0 Å². The van der Waals surface area contributed by atoms with E-state index < -0.39 is 0 Å². The maximum absolute atomic E-state index is 11.2. The number of rotatable bonds is 12. The van der Waals surface area contributed by atoms with E-state index in [2.05, 4.69) is 17.2 Å². The molecule has 0 saturated heterocycles. The van der Waals surface area contributed by atoms with Gasteiger partial charge in [0, 0.05) is 11.5 Å². The average Bonchev–Trinajstić information content (AvgIpc) is 2.77. The Morgan fingerprint density at radius 2 is 1.43 bits per heavy atom. The van der Waals surface area contributed by atoms with E-state index in [-0.39, 0.29) is 5.63 Å². The number of ether oxygens (including phenoxy) is 1. The molecule has 5 heteroatoms. The third kappa shape index (κ3) is 7.14. The van der Waals surface area contributed by atoms with Crippen LogP contribution in [-0.2, 0) is 0 Å². The molecule has 0 unspecified atom stereocenters. The summed E-state index contributed by atoms with van der Waals surface area (Å²) < 4.78 is 10.9. The van der Waals surface area contributed by atoms with Crippen LogP contribution in [0, 0.1) is 0 Å². The fraction of sp³-hybridized carbons (Fsp3) is 0.400. The average molecular weight is 407 g/mol. The summed E-state index contributed by atoms with van der Waals surface area (Å²) in [6.07, 6.45) is 10.4. The van der Waals surface area contributed by atoms with Crippen LogP contribution in [0.2, 0.25) is 0 Å². The van der Waals surface area contributed by atoms with Gasteiger partial charge in [0.1, 0.15) is 11.3 Å². The molecular formula is C25H30N2O3. The maximum atomic E-state index is 11.2. The normalized spacial score (nSPS) is 11.4. The van der Waals surface area contributed by atoms with Gasteiger partial charge in [-0.1, -0.05) is 51.9 Å². The summed E-state index contributed by atoms with van der Waals surface area (Å²) in [4.78, 5) is 11.2. The highest BCUT2D eigenvalue weighted by Gasteiger charge is 2.00. The molecule has 0 bridgehead atoms. The molecule has 3 aromatic rings. The van der Waals surface area contributed by atoms with Crippen molar-refractivity contribution in [3.8, 4) is 5.75 Å². The molecule has 158 valence electrons. The number of azo groups is 1. The highest BCUT2D eigenvalue weighted by atomic mass is 16.5. The van der Waals surface area contributed by atoms with Crippen LogP contribution in [0.15, 0.2) is 74.0 Å². The van der Waals surface area contributed by atoms with Gasteiger partial charge in [0.15, 0.2) is 0 Å². The first-order valence-corrected chi connectivity index (χ1v) is 10.9. The molecule has 1 heterocycles. The summed E-state index contributed by atoms with van der Waals surface area (Å²) in [6, 6.07) is 16.1. The molecule has 0 aliphatic carbocycles. The van der Waals surface area contributed by atoms with Crippen molar-refractivity contribution >= 4 is 22.3 Å². The number of unbranched alkanes of at least 4 members (excludes halogenated alkanes) is 7. The summed E-state index contributed by atoms with van der Waals surface area (Å²) in [5.41, 5.74) is 1.64. The Labute approximate surface area is 177 Å². The predicted molar refractivity (Wildman–Crippen MR) is 121 cm³/mol. The molecule has 2 aromatic carbocycles. The molecule has 5 nitrogen and oxygen atoms in total. The Morgan fingerprint density at radius 3 is 2.20 bits per heavy atom. The molecule has 0 fully saturated rings. The zero-order valence-corrected chi connectivity index (χ0v) is 17.7. The summed E-state index contributed by atoms with van der Waals surface area (Å²) in [6.45, 7) is 3.00. The minimum absolute atomic E-state index is 0.360. The van der Waals surface area contributed by atoms with Gasteiger partial charge < -0.3 is 9.15 Å². The Hall–Kier alpha value is -2.95. The van der Waals surface area contributed by atoms with Gasteiger partial charge >= 0.3 is 5.63 Å². The van der Waals surface area contributed by atoms with Crippen LogP contribution in [0.1, 0.15) is 58.3 Å². The van der Waals surface area contributed by atoms with Crippen molar-refractivity contribution < 1.29 is 9.15 Å². The van der Waals surface area contributed by atoms with Crippen LogP contribution >= 0.6 is 0 Å². The van der Waals surface area contributed by atoms with Crippen LogP contribution in [0.5, 0.6) is 5.75 Å². The van der Waals surface area contributed by atoms with Crippen molar-refractivity contribution in [1.29, 1.82) is 0 Å². The van der Waals surface area contributed by atoms with E-state index in [9.17, 15) is 4.79 Å². The first kappa shape index (κ1) is 21.8. The smallest absolute Gasteiger partial charge is 0.336 e. The highest BCUT2D eigenvalue weighted by molar-refractivity contribution is 5.79. The quantitative estimate of drug-likeness (QED) is 0.176. The molecule has 0 saturated carbocycles. The van der Waals surface area contributed by atoms with Crippen molar-refractivity contribution in [2.45, 2.75) is 58.3 Å². The Morgan fingerprint density at radius 1 is 0.767 bits per heavy atom. The zero-order chi connectivity index (χ0) is 21.0. The van der Waals surface area contributed by atoms with Crippen LogP contribution in [0.4, 0.5) is 11.4 Å². The minimum atomic E-state index is -0.360. The SMILES string of the molecule is CCCCCCCCCCOc1ccc(N=Nc2ccc3oc(=O)ccc3c2)cc1. The summed E-state index contributed by atoms with van der Waals surface area (Å²) >= 11 is 0. The second-order valence-corrected chi connectivity index (χ2v) is 7.49. The molecule has 0 aliphatic heterocycles. The van der Waals surface area contributed by atoms with Gasteiger partial charge in [-0.05, 0) is 55.0 Å². The standard InChI is InChI=1S/C25H30N2O3/c1-2-3-4-5-6-7-8-9-18-29-23-14-11-21(12-15-23)26-27-22-13-16-24-20(19-22)10-17-25(28)30-24/h10-17,19H,2-9,18H2,1H3. The van der Waals surface area contributed by atoms with Crippen LogP contribution in [0.25, 0.3) is 11.0 Å². The van der Waals surface area contributed by atoms with Crippen molar-refractivity contribution in [2.24, 2.45) is 10.2 Å². The van der Waals surface area contributed by atoms with Crippen molar-refractivity contribution in [3.63, 3.8) is 0 Å². The fourth-order valence-corrected chi connectivity index (χ4v) is 3.27.